The van der Waals surface area contributed by atoms with Gasteiger partial charge in [0.1, 0.15) is 6.23 Å². The number of rotatable bonds is 7. The van der Waals surface area contributed by atoms with Crippen molar-refractivity contribution in [2.24, 2.45) is 13.0 Å². The van der Waals surface area contributed by atoms with Gasteiger partial charge in [-0.15, -0.1) is 0 Å². The molecule has 1 aromatic heterocycles. The normalized spacial score (nSPS) is 22.8. The highest BCUT2D eigenvalue weighted by Crippen LogP contribution is 2.39. The van der Waals surface area contributed by atoms with E-state index in [1.165, 1.54) is 10.6 Å². The van der Waals surface area contributed by atoms with E-state index in [4.69, 9.17) is 0 Å². The number of aryl methyl sites for hydroxylation is 1. The van der Waals surface area contributed by atoms with E-state index >= 15 is 0 Å². The number of pyridine rings is 1. The molecule has 0 bridgehead atoms. The summed E-state index contributed by atoms with van der Waals surface area (Å²) in [4.78, 5) is 14.3. The van der Waals surface area contributed by atoms with Gasteiger partial charge >= 0.3 is 5.51 Å². The van der Waals surface area contributed by atoms with E-state index in [1.54, 1.807) is 37.5 Å². The molecule has 5 nitrogen and oxygen atoms in total. The fourth-order valence-corrected chi connectivity index (χ4v) is 5.17. The number of aliphatic hydroxyl groups is 1. The number of halogens is 3. The number of nitrogens with one attached hydrogen (secondary N) is 1. The molecular formula is C23H28F3N3O2S. The molecule has 1 saturated carbocycles. The molecule has 0 amide bonds. The van der Waals surface area contributed by atoms with Crippen molar-refractivity contribution in [3.63, 3.8) is 0 Å². The lowest BCUT2D eigenvalue weighted by Crippen LogP contribution is -2.50. The summed E-state index contributed by atoms with van der Waals surface area (Å²) in [6.45, 7) is 1.81. The smallest absolute Gasteiger partial charge is 0.378 e. The van der Waals surface area contributed by atoms with E-state index in [9.17, 15) is 23.1 Å². The Bertz CT molecular complexity index is 993. The number of benzene rings is 1. The Kier molecular flexibility index (Phi) is 7.00. The van der Waals surface area contributed by atoms with Crippen molar-refractivity contribution in [3.05, 3.63) is 64.1 Å². The van der Waals surface area contributed by atoms with Crippen molar-refractivity contribution >= 4 is 11.8 Å². The molecule has 2 heterocycles. The number of nitrogens with zero attached hydrogens (tertiary/aromatic N) is 2. The van der Waals surface area contributed by atoms with Crippen molar-refractivity contribution in [2.45, 2.75) is 54.4 Å². The monoisotopic (exact) mass is 467 g/mol. The van der Waals surface area contributed by atoms with E-state index in [-0.39, 0.29) is 40.1 Å². The standard InChI is InChI=1S/C23H28F3N3O2S/c1-28-10-8-16(12-21(28)30)19-7-9-27-13-20(19)22(31)29(17-5-6-17)14-15-3-2-4-18(11-15)32-23(24,25)26/h2-4,8,10-12,17,19-20,22,27,31H,5-7,9,13-14H2,1H3/t19?,20-,22?/m0/s1. The first kappa shape index (κ1) is 23.4. The summed E-state index contributed by atoms with van der Waals surface area (Å²) < 4.78 is 39.9. The molecule has 2 unspecified atom stereocenters. The van der Waals surface area contributed by atoms with E-state index in [2.05, 4.69) is 5.32 Å². The molecule has 2 N–H and O–H groups in total. The Balaban J connectivity index is 1.54. The molecule has 0 radical (unpaired) electrons. The van der Waals surface area contributed by atoms with E-state index in [0.717, 1.165) is 36.9 Å². The summed E-state index contributed by atoms with van der Waals surface area (Å²) in [5, 5.41) is 14.8. The molecule has 4 rings (SSSR count). The van der Waals surface area contributed by atoms with Gasteiger partial charge in [0, 0.05) is 49.3 Å². The van der Waals surface area contributed by atoms with Crippen molar-refractivity contribution in [2.75, 3.05) is 13.1 Å². The van der Waals surface area contributed by atoms with Crippen LogP contribution in [0, 0.1) is 5.92 Å². The molecule has 1 aromatic carbocycles. The van der Waals surface area contributed by atoms with Crippen LogP contribution in [-0.4, -0.2) is 45.4 Å². The minimum atomic E-state index is -4.33. The molecule has 9 heteroatoms. The molecule has 32 heavy (non-hydrogen) atoms. The summed E-state index contributed by atoms with van der Waals surface area (Å²) in [6, 6.07) is 10.3. The number of alkyl halides is 3. The first-order valence-electron chi connectivity index (χ1n) is 10.9. The van der Waals surface area contributed by atoms with Crippen LogP contribution in [0.4, 0.5) is 13.2 Å². The average molecular weight is 468 g/mol. The van der Waals surface area contributed by atoms with Gasteiger partial charge < -0.3 is 15.0 Å². The fraction of sp³-hybridized carbons (Fsp3) is 0.522. The predicted octanol–water partition coefficient (Wildman–Crippen LogP) is 3.67. The second-order valence-corrected chi connectivity index (χ2v) is 9.82. The molecule has 3 atom stereocenters. The van der Waals surface area contributed by atoms with Gasteiger partial charge in [0.25, 0.3) is 5.56 Å². The fourth-order valence-electron chi connectivity index (χ4n) is 4.55. The second kappa shape index (κ2) is 9.59. The largest absolute Gasteiger partial charge is 0.446 e. The van der Waals surface area contributed by atoms with Gasteiger partial charge in [0.15, 0.2) is 0 Å². The van der Waals surface area contributed by atoms with E-state index in [1.807, 2.05) is 11.0 Å². The first-order chi connectivity index (χ1) is 15.2. The molecule has 1 aliphatic heterocycles. The Hall–Kier alpha value is -1.81. The Morgan fingerprint density at radius 2 is 2.03 bits per heavy atom. The molecule has 1 aliphatic carbocycles. The number of piperidine rings is 1. The third kappa shape index (κ3) is 5.75. The number of aliphatic hydroxyl groups excluding tert-OH is 1. The van der Waals surface area contributed by atoms with Gasteiger partial charge in [-0.1, -0.05) is 12.1 Å². The van der Waals surface area contributed by atoms with Crippen LogP contribution in [0.25, 0.3) is 0 Å². The molecular weight excluding hydrogens is 439 g/mol. The van der Waals surface area contributed by atoms with Crippen LogP contribution in [0.3, 0.4) is 0 Å². The van der Waals surface area contributed by atoms with Gasteiger partial charge in [-0.3, -0.25) is 9.69 Å². The predicted molar refractivity (Wildman–Crippen MR) is 118 cm³/mol. The van der Waals surface area contributed by atoms with Crippen LogP contribution in [0.5, 0.6) is 0 Å². The lowest BCUT2D eigenvalue weighted by molar-refractivity contribution is -0.0631. The van der Waals surface area contributed by atoms with Crippen LogP contribution in [0.15, 0.2) is 52.3 Å². The molecule has 2 aromatic rings. The zero-order chi connectivity index (χ0) is 22.9. The second-order valence-electron chi connectivity index (χ2n) is 8.68. The highest BCUT2D eigenvalue weighted by Gasteiger charge is 2.41. The maximum Gasteiger partial charge on any atom is 0.446 e. The molecule has 0 spiro atoms. The summed E-state index contributed by atoms with van der Waals surface area (Å²) in [5.41, 5.74) is -2.73. The van der Waals surface area contributed by atoms with Crippen molar-refractivity contribution in [1.29, 1.82) is 0 Å². The van der Waals surface area contributed by atoms with Gasteiger partial charge in [-0.05, 0) is 72.8 Å². The lowest BCUT2D eigenvalue weighted by Gasteiger charge is -2.40. The third-order valence-corrected chi connectivity index (χ3v) is 7.04. The Morgan fingerprint density at radius 3 is 2.72 bits per heavy atom. The Morgan fingerprint density at radius 1 is 1.25 bits per heavy atom. The number of hydrogen-bond donors (Lipinski definition) is 2. The van der Waals surface area contributed by atoms with Crippen molar-refractivity contribution in [1.82, 2.24) is 14.8 Å². The molecule has 2 aliphatic rings. The van der Waals surface area contributed by atoms with Crippen LogP contribution >= 0.6 is 11.8 Å². The van der Waals surface area contributed by atoms with Gasteiger partial charge in [-0.2, -0.15) is 13.2 Å². The zero-order valence-corrected chi connectivity index (χ0v) is 18.7. The van der Waals surface area contributed by atoms with Crippen molar-refractivity contribution in [3.8, 4) is 0 Å². The van der Waals surface area contributed by atoms with Crippen LogP contribution in [-0.2, 0) is 13.6 Å². The van der Waals surface area contributed by atoms with E-state index in [0.29, 0.717) is 13.1 Å². The van der Waals surface area contributed by atoms with Gasteiger partial charge in [0.2, 0.25) is 0 Å². The summed E-state index contributed by atoms with van der Waals surface area (Å²) in [5.74, 6) is -0.0855. The summed E-state index contributed by atoms with van der Waals surface area (Å²) in [6.07, 6.45) is 3.73. The van der Waals surface area contributed by atoms with Crippen molar-refractivity contribution < 1.29 is 18.3 Å². The number of hydrogen-bond acceptors (Lipinski definition) is 5. The van der Waals surface area contributed by atoms with Crippen LogP contribution in [0.1, 0.15) is 36.3 Å². The van der Waals surface area contributed by atoms with Crippen LogP contribution < -0.4 is 10.9 Å². The zero-order valence-electron chi connectivity index (χ0n) is 17.9. The number of aromatic nitrogens is 1. The van der Waals surface area contributed by atoms with Gasteiger partial charge in [-0.25, -0.2) is 0 Å². The SMILES string of the molecule is Cn1ccc(C2CCNC[C@@H]2C(O)N(Cc2cccc(SC(F)(F)F)c2)C2CC2)cc1=O. The van der Waals surface area contributed by atoms with E-state index < -0.39 is 11.7 Å². The average Bonchev–Trinajstić information content (AvgIpc) is 3.58. The highest BCUT2D eigenvalue weighted by atomic mass is 32.2. The topological polar surface area (TPSA) is 57.5 Å². The maximum atomic E-state index is 12.8. The highest BCUT2D eigenvalue weighted by molar-refractivity contribution is 8.00. The lowest BCUT2D eigenvalue weighted by atomic mass is 9.80. The third-order valence-electron chi connectivity index (χ3n) is 6.32. The summed E-state index contributed by atoms with van der Waals surface area (Å²) >= 11 is -0.120. The summed E-state index contributed by atoms with van der Waals surface area (Å²) in [7, 11) is 1.71. The molecule has 1 saturated heterocycles. The molecule has 174 valence electrons. The maximum absolute atomic E-state index is 12.8. The molecule has 2 fully saturated rings. The van der Waals surface area contributed by atoms with Crippen LogP contribution in [0.2, 0.25) is 0 Å². The minimum Gasteiger partial charge on any atom is -0.378 e. The Labute approximate surface area is 189 Å². The minimum absolute atomic E-state index is 0.0357. The quantitative estimate of drug-likeness (QED) is 0.481. The number of thioether (sulfide) groups is 1. The van der Waals surface area contributed by atoms with Gasteiger partial charge in [0.05, 0.1) is 0 Å². The first-order valence-corrected chi connectivity index (χ1v) is 11.7.